The van der Waals surface area contributed by atoms with E-state index in [1.165, 1.54) is 4.31 Å². The van der Waals surface area contributed by atoms with Gasteiger partial charge in [0.05, 0.1) is 5.25 Å². The predicted molar refractivity (Wildman–Crippen MR) is 73.3 cm³/mol. The van der Waals surface area contributed by atoms with E-state index in [1.54, 1.807) is 18.2 Å². The Bertz CT molecular complexity index is 548. The Morgan fingerprint density at radius 3 is 2.67 bits per heavy atom. The molecule has 1 aliphatic rings. The number of halogens is 2. The first-order chi connectivity index (χ1) is 8.45. The number of sulfonamides is 1. The van der Waals surface area contributed by atoms with Gasteiger partial charge in [-0.15, -0.1) is 0 Å². The molecule has 0 aliphatic carbocycles. The minimum Gasteiger partial charge on any atom is -0.329 e. The smallest absolute Gasteiger partial charge is 0.218 e. The summed E-state index contributed by atoms with van der Waals surface area (Å²) in [5, 5.41) is 0.547. The molecule has 0 amide bonds. The summed E-state index contributed by atoms with van der Waals surface area (Å²) < 4.78 is 25.6. The second-order valence-corrected chi connectivity index (χ2v) is 7.32. The average Bonchev–Trinajstić information content (AvgIpc) is 2.57. The fourth-order valence-corrected chi connectivity index (χ4v) is 4.24. The molecule has 0 saturated carbocycles. The molecule has 0 bridgehead atoms. The summed E-state index contributed by atoms with van der Waals surface area (Å²) >= 11 is 11.8. The van der Waals surface area contributed by atoms with E-state index in [1.807, 2.05) is 0 Å². The van der Waals surface area contributed by atoms with Gasteiger partial charge in [0.2, 0.25) is 10.0 Å². The van der Waals surface area contributed by atoms with Crippen molar-refractivity contribution >= 4 is 33.2 Å². The first-order valence-corrected chi connectivity index (χ1v) is 7.84. The molecular formula is C11H14Cl2N2O2S. The van der Waals surface area contributed by atoms with E-state index < -0.39 is 15.3 Å². The molecule has 0 radical (unpaired) electrons. The molecule has 4 nitrogen and oxygen atoms in total. The van der Waals surface area contributed by atoms with Crippen molar-refractivity contribution < 1.29 is 8.42 Å². The van der Waals surface area contributed by atoms with Crippen LogP contribution in [0.5, 0.6) is 0 Å². The van der Waals surface area contributed by atoms with Crippen LogP contribution >= 0.6 is 23.2 Å². The van der Waals surface area contributed by atoms with Gasteiger partial charge < -0.3 is 5.73 Å². The molecule has 0 spiro atoms. The van der Waals surface area contributed by atoms with Gasteiger partial charge >= 0.3 is 0 Å². The second-order valence-electron chi connectivity index (χ2n) is 4.26. The summed E-state index contributed by atoms with van der Waals surface area (Å²) in [6, 6.07) is 5.06. The molecule has 7 heteroatoms. The van der Waals surface area contributed by atoms with E-state index in [-0.39, 0.29) is 13.1 Å². The van der Waals surface area contributed by atoms with Gasteiger partial charge in [-0.1, -0.05) is 29.3 Å². The van der Waals surface area contributed by atoms with E-state index in [0.29, 0.717) is 23.0 Å². The fraction of sp³-hybridized carbons (Fsp3) is 0.455. The average molecular weight is 309 g/mol. The van der Waals surface area contributed by atoms with Gasteiger partial charge in [-0.3, -0.25) is 0 Å². The SMILES string of the molecule is NC[C@H]1CCN(Cc2ccc(Cl)cc2Cl)S1(=O)=O. The number of hydrogen-bond donors (Lipinski definition) is 1. The van der Waals surface area contributed by atoms with E-state index in [0.717, 1.165) is 5.56 Å². The molecular weight excluding hydrogens is 295 g/mol. The highest BCUT2D eigenvalue weighted by molar-refractivity contribution is 7.90. The Hall–Kier alpha value is -0.330. The van der Waals surface area contributed by atoms with Gasteiger partial charge in [0.1, 0.15) is 0 Å². The summed E-state index contributed by atoms with van der Waals surface area (Å²) in [6.07, 6.45) is 0.573. The lowest BCUT2D eigenvalue weighted by molar-refractivity contribution is 0.440. The molecule has 1 aromatic rings. The van der Waals surface area contributed by atoms with Crippen molar-refractivity contribution in [3.05, 3.63) is 33.8 Å². The molecule has 1 saturated heterocycles. The van der Waals surface area contributed by atoms with Crippen LogP contribution in [0.1, 0.15) is 12.0 Å². The third-order valence-electron chi connectivity index (χ3n) is 3.11. The summed E-state index contributed by atoms with van der Waals surface area (Å²) in [5.41, 5.74) is 6.22. The summed E-state index contributed by atoms with van der Waals surface area (Å²) in [6.45, 7) is 0.922. The van der Waals surface area contributed by atoms with Crippen LogP contribution in [0.2, 0.25) is 10.0 Å². The largest absolute Gasteiger partial charge is 0.329 e. The summed E-state index contributed by atoms with van der Waals surface area (Å²) in [5.74, 6) is 0. The number of nitrogens with zero attached hydrogens (tertiary/aromatic N) is 1. The molecule has 0 aromatic heterocycles. The summed E-state index contributed by atoms with van der Waals surface area (Å²) in [7, 11) is -3.29. The first kappa shape index (κ1) is 14.1. The highest BCUT2D eigenvalue weighted by Crippen LogP contribution is 2.27. The zero-order valence-electron chi connectivity index (χ0n) is 9.64. The molecule has 2 rings (SSSR count). The topological polar surface area (TPSA) is 63.4 Å². The Labute approximate surface area is 117 Å². The van der Waals surface area contributed by atoms with Crippen LogP contribution in [-0.2, 0) is 16.6 Å². The van der Waals surface area contributed by atoms with Crippen LogP contribution < -0.4 is 5.73 Å². The molecule has 1 aliphatic heterocycles. The lowest BCUT2D eigenvalue weighted by atomic mass is 10.2. The molecule has 100 valence electrons. The monoisotopic (exact) mass is 308 g/mol. The zero-order chi connectivity index (χ0) is 13.3. The van der Waals surface area contributed by atoms with Crippen LogP contribution in [0.3, 0.4) is 0 Å². The predicted octanol–water partition coefficient (Wildman–Crippen LogP) is 1.86. The maximum Gasteiger partial charge on any atom is 0.218 e. The van der Waals surface area contributed by atoms with Crippen LogP contribution in [0.15, 0.2) is 18.2 Å². The third-order valence-corrected chi connectivity index (χ3v) is 6.00. The van der Waals surface area contributed by atoms with Gasteiger partial charge in [-0.05, 0) is 24.1 Å². The Kier molecular flexibility index (Phi) is 4.18. The quantitative estimate of drug-likeness (QED) is 0.927. The van der Waals surface area contributed by atoms with Crippen molar-refractivity contribution in [3.8, 4) is 0 Å². The molecule has 1 atom stereocenters. The van der Waals surface area contributed by atoms with Crippen molar-refractivity contribution in [1.29, 1.82) is 0 Å². The summed E-state index contributed by atoms with van der Waals surface area (Å²) in [4.78, 5) is 0. The Morgan fingerprint density at radius 1 is 1.39 bits per heavy atom. The highest BCUT2D eigenvalue weighted by Gasteiger charge is 2.37. The van der Waals surface area contributed by atoms with Crippen molar-refractivity contribution in [2.24, 2.45) is 5.73 Å². The number of benzene rings is 1. The van der Waals surface area contributed by atoms with Crippen molar-refractivity contribution in [2.45, 2.75) is 18.2 Å². The van der Waals surface area contributed by atoms with Crippen molar-refractivity contribution in [2.75, 3.05) is 13.1 Å². The number of hydrogen-bond acceptors (Lipinski definition) is 3. The van der Waals surface area contributed by atoms with Crippen LogP contribution in [0, 0.1) is 0 Å². The van der Waals surface area contributed by atoms with E-state index in [2.05, 4.69) is 0 Å². The number of nitrogens with two attached hydrogens (primary N) is 1. The van der Waals surface area contributed by atoms with E-state index in [4.69, 9.17) is 28.9 Å². The van der Waals surface area contributed by atoms with Crippen LogP contribution in [-0.4, -0.2) is 31.1 Å². The first-order valence-electron chi connectivity index (χ1n) is 5.58. The van der Waals surface area contributed by atoms with E-state index >= 15 is 0 Å². The maximum atomic E-state index is 12.1. The molecule has 1 aromatic carbocycles. The van der Waals surface area contributed by atoms with Gasteiger partial charge in [0.25, 0.3) is 0 Å². The molecule has 1 fully saturated rings. The van der Waals surface area contributed by atoms with Gasteiger partial charge in [-0.2, -0.15) is 4.31 Å². The Morgan fingerprint density at radius 2 is 2.11 bits per heavy atom. The van der Waals surface area contributed by atoms with Crippen LogP contribution in [0.25, 0.3) is 0 Å². The fourth-order valence-electron chi connectivity index (χ4n) is 2.02. The van der Waals surface area contributed by atoms with Gasteiger partial charge in [0, 0.05) is 29.7 Å². The minimum atomic E-state index is -3.29. The Balaban J connectivity index is 2.20. The lowest BCUT2D eigenvalue weighted by Gasteiger charge is -2.17. The van der Waals surface area contributed by atoms with Gasteiger partial charge in [-0.25, -0.2) is 8.42 Å². The standard InChI is InChI=1S/C11H14Cl2N2O2S/c12-9-2-1-8(11(13)5-9)7-15-4-3-10(6-14)18(15,16)17/h1-2,5,10H,3-4,6-7,14H2/t10-/m1/s1. The molecule has 0 unspecified atom stereocenters. The molecule has 18 heavy (non-hydrogen) atoms. The van der Waals surface area contributed by atoms with E-state index in [9.17, 15) is 8.42 Å². The zero-order valence-corrected chi connectivity index (χ0v) is 12.0. The van der Waals surface area contributed by atoms with Gasteiger partial charge in [0.15, 0.2) is 0 Å². The van der Waals surface area contributed by atoms with Crippen molar-refractivity contribution in [1.82, 2.24) is 4.31 Å². The van der Waals surface area contributed by atoms with Crippen LogP contribution in [0.4, 0.5) is 0 Å². The number of rotatable bonds is 3. The highest BCUT2D eigenvalue weighted by atomic mass is 35.5. The lowest BCUT2D eigenvalue weighted by Crippen LogP contribution is -2.32. The van der Waals surface area contributed by atoms with Crippen molar-refractivity contribution in [3.63, 3.8) is 0 Å². The third kappa shape index (κ3) is 2.65. The molecule has 1 heterocycles. The normalized spacial score (nSPS) is 23.4. The minimum absolute atomic E-state index is 0.160. The maximum absolute atomic E-state index is 12.1. The second kappa shape index (κ2) is 5.35. The molecule has 2 N–H and O–H groups in total.